The van der Waals surface area contributed by atoms with Gasteiger partial charge < -0.3 is 9.84 Å². The second-order valence-electron chi connectivity index (χ2n) is 1.99. The standard InChI is InChI=1S/C6H14O2S/c1-3-5(2)8-6(9)4-7/h5-7,9H,3-4H2,1-2H3. The molecule has 0 saturated carbocycles. The van der Waals surface area contributed by atoms with Crippen LogP contribution in [0, 0.1) is 0 Å². The Morgan fingerprint density at radius 3 is 2.56 bits per heavy atom. The van der Waals surface area contributed by atoms with Crippen molar-refractivity contribution in [2.24, 2.45) is 0 Å². The fraction of sp³-hybridized carbons (Fsp3) is 1.00. The van der Waals surface area contributed by atoms with Crippen molar-refractivity contribution in [3.8, 4) is 0 Å². The first kappa shape index (κ1) is 9.27. The van der Waals surface area contributed by atoms with Gasteiger partial charge in [-0.25, -0.2) is 0 Å². The van der Waals surface area contributed by atoms with Crippen molar-refractivity contribution in [2.75, 3.05) is 6.61 Å². The van der Waals surface area contributed by atoms with E-state index >= 15 is 0 Å². The van der Waals surface area contributed by atoms with E-state index in [2.05, 4.69) is 12.6 Å². The van der Waals surface area contributed by atoms with Gasteiger partial charge in [0.2, 0.25) is 0 Å². The van der Waals surface area contributed by atoms with Crippen molar-refractivity contribution in [2.45, 2.75) is 31.8 Å². The van der Waals surface area contributed by atoms with E-state index in [0.717, 1.165) is 6.42 Å². The molecule has 0 rings (SSSR count). The molecule has 0 aromatic rings. The molecule has 0 aromatic heterocycles. The Kier molecular flexibility index (Phi) is 5.24. The van der Waals surface area contributed by atoms with Crippen molar-refractivity contribution in [3.05, 3.63) is 0 Å². The van der Waals surface area contributed by atoms with Crippen LogP contribution in [0.3, 0.4) is 0 Å². The lowest BCUT2D eigenvalue weighted by Gasteiger charge is -2.14. The predicted molar refractivity (Wildman–Crippen MR) is 40.7 cm³/mol. The highest BCUT2D eigenvalue weighted by Crippen LogP contribution is 2.03. The van der Waals surface area contributed by atoms with Crippen LogP contribution in [0.2, 0.25) is 0 Å². The molecule has 0 fully saturated rings. The third kappa shape index (κ3) is 4.75. The van der Waals surface area contributed by atoms with Crippen LogP contribution in [0.5, 0.6) is 0 Å². The molecule has 9 heavy (non-hydrogen) atoms. The van der Waals surface area contributed by atoms with Gasteiger partial charge in [-0.15, -0.1) is 12.6 Å². The summed E-state index contributed by atoms with van der Waals surface area (Å²) in [6.45, 7) is 3.97. The lowest BCUT2D eigenvalue weighted by molar-refractivity contribution is 0.0175. The highest BCUT2D eigenvalue weighted by atomic mass is 32.1. The van der Waals surface area contributed by atoms with Gasteiger partial charge in [0, 0.05) is 0 Å². The summed E-state index contributed by atoms with van der Waals surface area (Å²) in [4.78, 5) is 0. The molecule has 2 unspecified atom stereocenters. The average Bonchev–Trinajstić information content (AvgIpc) is 1.87. The summed E-state index contributed by atoms with van der Waals surface area (Å²) >= 11 is 3.95. The van der Waals surface area contributed by atoms with Crippen molar-refractivity contribution in [1.82, 2.24) is 0 Å². The maximum Gasteiger partial charge on any atom is 0.123 e. The predicted octanol–water partition coefficient (Wildman–Crippen LogP) is 1.05. The number of aliphatic hydroxyl groups excluding tert-OH is 1. The zero-order chi connectivity index (χ0) is 7.28. The maximum atomic E-state index is 8.48. The van der Waals surface area contributed by atoms with Crippen LogP contribution >= 0.6 is 12.6 Å². The van der Waals surface area contributed by atoms with Gasteiger partial charge in [0.05, 0.1) is 12.7 Å². The minimum atomic E-state index is -0.319. The minimum Gasteiger partial charge on any atom is -0.393 e. The summed E-state index contributed by atoms with van der Waals surface area (Å²) in [6, 6.07) is 0. The Morgan fingerprint density at radius 1 is 1.67 bits per heavy atom. The second-order valence-corrected chi connectivity index (χ2v) is 2.57. The van der Waals surface area contributed by atoms with E-state index in [1.54, 1.807) is 0 Å². The number of hydrogen-bond donors (Lipinski definition) is 2. The molecule has 0 aliphatic carbocycles. The summed E-state index contributed by atoms with van der Waals surface area (Å²) in [5, 5.41) is 8.48. The molecule has 1 N–H and O–H groups in total. The molecule has 0 spiro atoms. The lowest BCUT2D eigenvalue weighted by atomic mass is 10.3. The van der Waals surface area contributed by atoms with Crippen LogP contribution < -0.4 is 0 Å². The number of hydrogen-bond acceptors (Lipinski definition) is 3. The molecule has 0 aromatic carbocycles. The molecule has 0 amide bonds. The SMILES string of the molecule is CCC(C)OC(S)CO. The molecule has 0 aliphatic heterocycles. The van der Waals surface area contributed by atoms with Crippen LogP contribution in [-0.2, 0) is 4.74 Å². The van der Waals surface area contributed by atoms with Gasteiger partial charge in [-0.05, 0) is 13.3 Å². The molecular formula is C6H14O2S. The van der Waals surface area contributed by atoms with E-state index in [1.165, 1.54) is 0 Å². The molecule has 0 aliphatic rings. The minimum absolute atomic E-state index is 0.0204. The van der Waals surface area contributed by atoms with Gasteiger partial charge in [0.25, 0.3) is 0 Å². The number of thiol groups is 1. The van der Waals surface area contributed by atoms with Crippen molar-refractivity contribution in [1.29, 1.82) is 0 Å². The highest BCUT2D eigenvalue weighted by molar-refractivity contribution is 7.80. The quantitative estimate of drug-likeness (QED) is 0.463. The topological polar surface area (TPSA) is 29.5 Å². The number of ether oxygens (including phenoxy) is 1. The summed E-state index contributed by atoms with van der Waals surface area (Å²) in [5.41, 5.74) is -0.319. The second kappa shape index (κ2) is 5.09. The average molecular weight is 150 g/mol. The fourth-order valence-corrected chi connectivity index (χ4v) is 0.615. The van der Waals surface area contributed by atoms with Crippen LogP contribution in [-0.4, -0.2) is 23.3 Å². The van der Waals surface area contributed by atoms with Gasteiger partial charge in [0.15, 0.2) is 0 Å². The first-order valence-corrected chi connectivity index (χ1v) is 3.66. The van der Waals surface area contributed by atoms with Crippen LogP contribution in [0.15, 0.2) is 0 Å². The van der Waals surface area contributed by atoms with E-state index in [1.807, 2.05) is 13.8 Å². The Bertz CT molecular complexity index is 60.1. The number of rotatable bonds is 4. The summed E-state index contributed by atoms with van der Waals surface area (Å²) < 4.78 is 5.16. The summed E-state index contributed by atoms with van der Waals surface area (Å²) in [7, 11) is 0. The van der Waals surface area contributed by atoms with E-state index < -0.39 is 0 Å². The summed E-state index contributed by atoms with van der Waals surface area (Å²) in [6.07, 6.45) is 1.15. The molecule has 3 heteroatoms. The lowest BCUT2D eigenvalue weighted by Crippen LogP contribution is -2.17. The van der Waals surface area contributed by atoms with Crippen molar-refractivity contribution in [3.63, 3.8) is 0 Å². The Labute approximate surface area is 61.6 Å². The van der Waals surface area contributed by atoms with Crippen LogP contribution in [0.4, 0.5) is 0 Å². The van der Waals surface area contributed by atoms with Gasteiger partial charge >= 0.3 is 0 Å². The van der Waals surface area contributed by atoms with Crippen LogP contribution in [0.1, 0.15) is 20.3 Å². The Balaban J connectivity index is 3.22. The maximum absolute atomic E-state index is 8.48. The van der Waals surface area contributed by atoms with Gasteiger partial charge in [0.1, 0.15) is 5.44 Å². The zero-order valence-electron chi connectivity index (χ0n) is 5.87. The molecule has 0 heterocycles. The normalized spacial score (nSPS) is 17.3. The monoisotopic (exact) mass is 150 g/mol. The van der Waals surface area contributed by atoms with Crippen molar-refractivity contribution < 1.29 is 9.84 Å². The number of aliphatic hydroxyl groups is 1. The largest absolute Gasteiger partial charge is 0.393 e. The zero-order valence-corrected chi connectivity index (χ0v) is 6.77. The van der Waals surface area contributed by atoms with E-state index in [0.29, 0.717) is 0 Å². The molecule has 0 bridgehead atoms. The van der Waals surface area contributed by atoms with Crippen molar-refractivity contribution >= 4 is 12.6 Å². The molecule has 2 atom stereocenters. The van der Waals surface area contributed by atoms with Gasteiger partial charge in [-0.1, -0.05) is 6.92 Å². The fourth-order valence-electron chi connectivity index (χ4n) is 0.407. The molecular weight excluding hydrogens is 136 g/mol. The van der Waals surface area contributed by atoms with E-state index in [-0.39, 0.29) is 18.1 Å². The highest BCUT2D eigenvalue weighted by Gasteiger charge is 2.04. The van der Waals surface area contributed by atoms with Crippen LogP contribution in [0.25, 0.3) is 0 Å². The van der Waals surface area contributed by atoms with E-state index in [9.17, 15) is 0 Å². The third-order valence-electron chi connectivity index (χ3n) is 1.12. The van der Waals surface area contributed by atoms with Gasteiger partial charge in [-0.3, -0.25) is 0 Å². The molecule has 56 valence electrons. The smallest absolute Gasteiger partial charge is 0.123 e. The Hall–Kier alpha value is 0.270. The van der Waals surface area contributed by atoms with E-state index in [4.69, 9.17) is 9.84 Å². The third-order valence-corrected chi connectivity index (χ3v) is 1.41. The summed E-state index contributed by atoms with van der Waals surface area (Å²) in [5.74, 6) is 0. The Morgan fingerprint density at radius 2 is 2.22 bits per heavy atom. The molecule has 0 saturated heterocycles. The molecule has 2 nitrogen and oxygen atoms in total. The first-order valence-electron chi connectivity index (χ1n) is 3.15. The first-order chi connectivity index (χ1) is 4.20. The van der Waals surface area contributed by atoms with Gasteiger partial charge in [-0.2, -0.15) is 0 Å². The molecule has 0 radical (unpaired) electrons.